The van der Waals surface area contributed by atoms with Crippen molar-refractivity contribution in [1.29, 1.82) is 0 Å². The van der Waals surface area contributed by atoms with Gasteiger partial charge in [0, 0.05) is 5.92 Å². The van der Waals surface area contributed by atoms with Gasteiger partial charge >= 0.3 is 0 Å². The number of nitrogens with zero attached hydrogens (tertiary/aromatic N) is 2. The summed E-state index contributed by atoms with van der Waals surface area (Å²) in [5.41, 5.74) is 2.86. The molecule has 0 spiro atoms. The molecule has 0 aliphatic heterocycles. The Morgan fingerprint density at radius 2 is 1.68 bits per heavy atom. The van der Waals surface area contributed by atoms with E-state index in [-0.39, 0.29) is 0 Å². The summed E-state index contributed by atoms with van der Waals surface area (Å²) in [7, 11) is 0. The zero-order valence-corrected chi connectivity index (χ0v) is 12.2. The van der Waals surface area contributed by atoms with Crippen molar-refractivity contribution in [3.8, 4) is 11.1 Å². The number of benzene rings is 1. The minimum atomic E-state index is 0.431. The minimum absolute atomic E-state index is 0.431. The van der Waals surface area contributed by atoms with Gasteiger partial charge in [-0.15, -0.1) is 0 Å². The summed E-state index contributed by atoms with van der Waals surface area (Å²) in [6, 6.07) is 7.98. The Morgan fingerprint density at radius 3 is 2.21 bits per heavy atom. The third-order valence-corrected chi connectivity index (χ3v) is 4.27. The Morgan fingerprint density at radius 1 is 1.05 bits per heavy atom. The van der Waals surface area contributed by atoms with Crippen molar-refractivity contribution in [2.75, 3.05) is 0 Å². The van der Waals surface area contributed by atoms with E-state index < -0.39 is 0 Å². The highest BCUT2D eigenvalue weighted by molar-refractivity contribution is 6.37. The van der Waals surface area contributed by atoms with Crippen LogP contribution in [0.4, 0.5) is 0 Å². The highest BCUT2D eigenvalue weighted by atomic mass is 35.5. The van der Waals surface area contributed by atoms with Crippen molar-refractivity contribution in [3.63, 3.8) is 0 Å². The maximum atomic E-state index is 6.33. The van der Waals surface area contributed by atoms with E-state index in [1.807, 2.05) is 31.2 Å². The standard InChI is InChI=1S/C15H14Cl2N2/c1-9-5-2-3-8-11(9)12-13(16)18-15(19-14(12)17)10-6-4-7-10/h2-3,5,8,10H,4,6-7H2,1H3. The molecule has 1 aromatic carbocycles. The molecule has 0 bridgehead atoms. The van der Waals surface area contributed by atoms with E-state index in [1.54, 1.807) is 0 Å². The van der Waals surface area contributed by atoms with Crippen LogP contribution in [0.1, 0.15) is 36.6 Å². The van der Waals surface area contributed by atoms with E-state index in [0.29, 0.717) is 16.2 Å². The first-order chi connectivity index (χ1) is 9.16. The molecule has 0 atom stereocenters. The Bertz CT molecular complexity index is 598. The average molecular weight is 293 g/mol. The van der Waals surface area contributed by atoms with Gasteiger partial charge in [-0.05, 0) is 30.9 Å². The van der Waals surface area contributed by atoms with Crippen LogP contribution in [0.5, 0.6) is 0 Å². The lowest BCUT2D eigenvalue weighted by molar-refractivity contribution is 0.401. The molecule has 2 nitrogen and oxygen atoms in total. The van der Waals surface area contributed by atoms with Gasteiger partial charge < -0.3 is 0 Å². The monoisotopic (exact) mass is 292 g/mol. The summed E-state index contributed by atoms with van der Waals surface area (Å²) in [5.74, 6) is 1.22. The molecule has 0 unspecified atom stereocenters. The van der Waals surface area contributed by atoms with Crippen LogP contribution in [0.25, 0.3) is 11.1 Å². The summed E-state index contributed by atoms with van der Waals surface area (Å²) in [5, 5.41) is 0.910. The van der Waals surface area contributed by atoms with Gasteiger partial charge in [0.2, 0.25) is 0 Å². The van der Waals surface area contributed by atoms with Gasteiger partial charge in [0.1, 0.15) is 16.1 Å². The summed E-state index contributed by atoms with van der Waals surface area (Å²) >= 11 is 12.7. The van der Waals surface area contributed by atoms with Crippen LogP contribution >= 0.6 is 23.2 Å². The fraction of sp³-hybridized carbons (Fsp3) is 0.333. The lowest BCUT2D eigenvalue weighted by atomic mass is 9.85. The maximum absolute atomic E-state index is 6.33. The second kappa shape index (κ2) is 5.10. The summed E-state index contributed by atoms with van der Waals surface area (Å²) in [6.45, 7) is 2.03. The normalized spacial score (nSPS) is 15.3. The van der Waals surface area contributed by atoms with Crippen LogP contribution in [-0.4, -0.2) is 9.97 Å². The minimum Gasteiger partial charge on any atom is -0.220 e. The molecule has 1 heterocycles. The van der Waals surface area contributed by atoms with Gasteiger partial charge in [0.15, 0.2) is 0 Å². The van der Waals surface area contributed by atoms with Gasteiger partial charge in [-0.25, -0.2) is 9.97 Å². The van der Waals surface area contributed by atoms with E-state index in [2.05, 4.69) is 9.97 Å². The number of halogens is 2. The second-order valence-corrected chi connectivity index (χ2v) is 5.70. The third kappa shape index (κ3) is 2.35. The van der Waals surface area contributed by atoms with Gasteiger partial charge in [0.25, 0.3) is 0 Å². The van der Waals surface area contributed by atoms with E-state index in [9.17, 15) is 0 Å². The van der Waals surface area contributed by atoms with Crippen LogP contribution in [0.15, 0.2) is 24.3 Å². The first kappa shape index (κ1) is 12.9. The van der Waals surface area contributed by atoms with Gasteiger partial charge in [-0.2, -0.15) is 0 Å². The zero-order valence-electron chi connectivity index (χ0n) is 10.7. The molecule has 0 N–H and O–H groups in total. The summed E-state index contributed by atoms with van der Waals surface area (Å²) in [4.78, 5) is 8.89. The van der Waals surface area contributed by atoms with Crippen molar-refractivity contribution in [2.45, 2.75) is 32.1 Å². The SMILES string of the molecule is Cc1ccccc1-c1c(Cl)nc(C2CCC2)nc1Cl. The molecule has 1 aliphatic rings. The Hall–Kier alpha value is -1.12. The van der Waals surface area contributed by atoms with Gasteiger partial charge in [-0.3, -0.25) is 0 Å². The first-order valence-corrected chi connectivity index (χ1v) is 7.21. The molecule has 1 saturated carbocycles. The fourth-order valence-corrected chi connectivity index (χ4v) is 2.95. The molecular formula is C15H14Cl2N2. The third-order valence-electron chi connectivity index (χ3n) is 3.72. The molecule has 0 saturated heterocycles. The molecule has 0 radical (unpaired) electrons. The van der Waals surface area contributed by atoms with Gasteiger partial charge in [0.05, 0.1) is 5.56 Å². The second-order valence-electron chi connectivity index (χ2n) is 4.98. The highest BCUT2D eigenvalue weighted by Gasteiger charge is 2.25. The van der Waals surface area contributed by atoms with Crippen LogP contribution in [-0.2, 0) is 0 Å². The number of hydrogen-bond acceptors (Lipinski definition) is 2. The molecule has 98 valence electrons. The smallest absolute Gasteiger partial charge is 0.142 e. The van der Waals surface area contributed by atoms with Crippen LogP contribution < -0.4 is 0 Å². The predicted molar refractivity (Wildman–Crippen MR) is 78.8 cm³/mol. The Balaban J connectivity index is 2.10. The molecule has 1 aromatic heterocycles. The van der Waals surface area contributed by atoms with Crippen LogP contribution in [0, 0.1) is 6.92 Å². The Labute approximate surface area is 122 Å². The number of rotatable bonds is 2. The number of aromatic nitrogens is 2. The quantitative estimate of drug-likeness (QED) is 0.726. The van der Waals surface area contributed by atoms with Crippen molar-refractivity contribution in [2.24, 2.45) is 0 Å². The molecule has 1 aliphatic carbocycles. The maximum Gasteiger partial charge on any atom is 0.142 e. The van der Waals surface area contributed by atoms with Crippen LogP contribution in [0.2, 0.25) is 10.3 Å². The van der Waals surface area contributed by atoms with E-state index >= 15 is 0 Å². The molecule has 4 heteroatoms. The summed E-state index contributed by atoms with van der Waals surface area (Å²) in [6.07, 6.45) is 3.51. The van der Waals surface area contributed by atoms with E-state index in [1.165, 1.54) is 6.42 Å². The van der Waals surface area contributed by atoms with Crippen molar-refractivity contribution >= 4 is 23.2 Å². The molecule has 2 aromatic rings. The van der Waals surface area contributed by atoms with Crippen molar-refractivity contribution < 1.29 is 0 Å². The molecule has 1 fully saturated rings. The number of aryl methyl sites for hydroxylation is 1. The van der Waals surface area contributed by atoms with Crippen molar-refractivity contribution in [3.05, 3.63) is 46.0 Å². The van der Waals surface area contributed by atoms with Gasteiger partial charge in [-0.1, -0.05) is 53.9 Å². The lowest BCUT2D eigenvalue weighted by Gasteiger charge is -2.24. The Kier molecular flexibility index (Phi) is 3.46. The first-order valence-electron chi connectivity index (χ1n) is 6.45. The average Bonchev–Trinajstić information content (AvgIpc) is 2.28. The van der Waals surface area contributed by atoms with E-state index in [4.69, 9.17) is 23.2 Å². The fourth-order valence-electron chi connectivity index (χ4n) is 2.35. The van der Waals surface area contributed by atoms with Crippen LogP contribution in [0.3, 0.4) is 0 Å². The molecular weight excluding hydrogens is 279 g/mol. The largest absolute Gasteiger partial charge is 0.220 e. The molecule has 0 amide bonds. The highest BCUT2D eigenvalue weighted by Crippen LogP contribution is 2.39. The zero-order chi connectivity index (χ0) is 13.4. The summed E-state index contributed by atoms with van der Waals surface area (Å²) < 4.78 is 0. The topological polar surface area (TPSA) is 25.8 Å². The van der Waals surface area contributed by atoms with Crippen molar-refractivity contribution in [1.82, 2.24) is 9.97 Å². The molecule has 19 heavy (non-hydrogen) atoms. The van der Waals surface area contributed by atoms with E-state index in [0.717, 1.165) is 35.4 Å². The lowest BCUT2D eigenvalue weighted by Crippen LogP contribution is -2.13. The number of hydrogen-bond donors (Lipinski definition) is 0. The predicted octanol–water partition coefficient (Wildman–Crippen LogP) is 5.03. The molecule has 3 rings (SSSR count).